The number of hydrogen-bond donors (Lipinski definition) is 0. The van der Waals surface area contributed by atoms with Crippen LogP contribution in [0.3, 0.4) is 0 Å². The van der Waals surface area contributed by atoms with E-state index in [1.807, 2.05) is 12.3 Å². The third-order valence-electron chi connectivity index (χ3n) is 4.97. The summed E-state index contributed by atoms with van der Waals surface area (Å²) in [5.41, 5.74) is 6.02. The van der Waals surface area contributed by atoms with Crippen LogP contribution >= 0.6 is 0 Å². The third-order valence-corrected chi connectivity index (χ3v) is 4.97. The minimum Gasteiger partial charge on any atom is -0.496 e. The van der Waals surface area contributed by atoms with Crippen molar-refractivity contribution in [1.82, 2.24) is 14.8 Å². The monoisotopic (exact) mass is 337 g/mol. The molecule has 0 amide bonds. The molecule has 0 bridgehead atoms. The molecule has 0 spiro atoms. The van der Waals surface area contributed by atoms with Crippen molar-refractivity contribution in [3.05, 3.63) is 65.5 Å². The van der Waals surface area contributed by atoms with Crippen molar-refractivity contribution in [2.45, 2.75) is 20.4 Å². The molecule has 1 aliphatic rings. The molecule has 4 heteroatoms. The summed E-state index contributed by atoms with van der Waals surface area (Å²) in [7, 11) is 1.76. The van der Waals surface area contributed by atoms with Crippen LogP contribution in [0.5, 0.6) is 5.75 Å². The lowest BCUT2D eigenvalue weighted by molar-refractivity contribution is 0.253. The van der Waals surface area contributed by atoms with E-state index in [4.69, 9.17) is 4.74 Å². The van der Waals surface area contributed by atoms with E-state index in [2.05, 4.69) is 53.4 Å². The Bertz CT molecular complexity index is 742. The molecule has 1 fully saturated rings. The second kappa shape index (κ2) is 7.81. The summed E-state index contributed by atoms with van der Waals surface area (Å²) in [5, 5.41) is 0. The summed E-state index contributed by atoms with van der Waals surface area (Å²) in [6, 6.07) is 8.41. The first-order chi connectivity index (χ1) is 12.1. The highest BCUT2D eigenvalue weighted by Crippen LogP contribution is 2.28. The summed E-state index contributed by atoms with van der Waals surface area (Å²) in [4.78, 5) is 9.08. The van der Waals surface area contributed by atoms with Gasteiger partial charge in [0.05, 0.1) is 13.8 Å². The maximum Gasteiger partial charge on any atom is 0.126 e. The van der Waals surface area contributed by atoms with E-state index in [0.29, 0.717) is 0 Å². The molecule has 0 atom stereocenters. The number of aromatic nitrogens is 1. The van der Waals surface area contributed by atoms with Crippen molar-refractivity contribution in [3.63, 3.8) is 0 Å². The molecular weight excluding hydrogens is 310 g/mol. The third kappa shape index (κ3) is 4.09. The standard InChI is InChI=1S/C21H27N3O/c1-16-7-8-20(21(25-4)18(16)3)14-24-11-10-23(15-24)13-17(2)19-6-5-9-22-12-19/h5-9,12H,2,10-11,13-15H2,1,3-4H3. The number of pyridine rings is 1. The van der Waals surface area contributed by atoms with Gasteiger partial charge in [0, 0.05) is 44.1 Å². The lowest BCUT2D eigenvalue weighted by atomic mass is 10.0. The molecule has 1 aliphatic heterocycles. The normalized spacial score (nSPS) is 15.5. The number of rotatable bonds is 6. The minimum atomic E-state index is 0.881. The molecule has 1 aromatic heterocycles. The fourth-order valence-corrected chi connectivity index (χ4v) is 3.39. The van der Waals surface area contributed by atoms with Gasteiger partial charge in [-0.1, -0.05) is 24.8 Å². The number of ether oxygens (including phenoxy) is 1. The van der Waals surface area contributed by atoms with Gasteiger partial charge in [0.2, 0.25) is 0 Å². The van der Waals surface area contributed by atoms with Crippen molar-refractivity contribution in [3.8, 4) is 5.75 Å². The summed E-state index contributed by atoms with van der Waals surface area (Å²) in [6.45, 7) is 13.4. The quantitative estimate of drug-likeness (QED) is 0.807. The zero-order chi connectivity index (χ0) is 17.8. The summed E-state index contributed by atoms with van der Waals surface area (Å²) in [5.74, 6) is 1.03. The first kappa shape index (κ1) is 17.6. The number of methoxy groups -OCH3 is 1. The van der Waals surface area contributed by atoms with Gasteiger partial charge < -0.3 is 4.74 Å². The van der Waals surface area contributed by atoms with E-state index >= 15 is 0 Å². The predicted octanol–water partition coefficient (Wildman–Crippen LogP) is 3.50. The molecule has 0 radical (unpaired) electrons. The van der Waals surface area contributed by atoms with Gasteiger partial charge in [0.15, 0.2) is 0 Å². The van der Waals surface area contributed by atoms with Gasteiger partial charge >= 0.3 is 0 Å². The molecule has 1 saturated heterocycles. The van der Waals surface area contributed by atoms with Gasteiger partial charge in [-0.05, 0) is 42.2 Å². The van der Waals surface area contributed by atoms with Crippen LogP contribution < -0.4 is 4.74 Å². The van der Waals surface area contributed by atoms with Crippen molar-refractivity contribution < 1.29 is 4.74 Å². The zero-order valence-corrected chi connectivity index (χ0v) is 15.5. The van der Waals surface area contributed by atoms with Gasteiger partial charge in [-0.3, -0.25) is 14.8 Å². The Balaban J connectivity index is 1.60. The van der Waals surface area contributed by atoms with Crippen LogP contribution in [-0.2, 0) is 6.54 Å². The second-order valence-electron chi connectivity index (χ2n) is 6.79. The summed E-state index contributed by atoms with van der Waals surface area (Å²) < 4.78 is 5.66. The van der Waals surface area contributed by atoms with Crippen LogP contribution in [-0.4, -0.2) is 48.2 Å². The molecule has 2 aromatic rings. The zero-order valence-electron chi connectivity index (χ0n) is 15.5. The van der Waals surface area contributed by atoms with E-state index in [1.54, 1.807) is 13.3 Å². The van der Waals surface area contributed by atoms with Crippen molar-refractivity contribution in [2.75, 3.05) is 33.4 Å². The minimum absolute atomic E-state index is 0.881. The Morgan fingerprint density at radius 2 is 2.00 bits per heavy atom. The lowest BCUT2D eigenvalue weighted by Crippen LogP contribution is -2.26. The molecule has 3 rings (SSSR count). The Hall–Kier alpha value is -2.17. The van der Waals surface area contributed by atoms with Gasteiger partial charge in [-0.15, -0.1) is 0 Å². The van der Waals surface area contributed by atoms with Crippen LogP contribution in [0.1, 0.15) is 22.3 Å². The molecule has 0 N–H and O–H groups in total. The van der Waals surface area contributed by atoms with Crippen LogP contribution in [0, 0.1) is 13.8 Å². The Kier molecular flexibility index (Phi) is 5.51. The molecule has 1 aromatic carbocycles. The summed E-state index contributed by atoms with van der Waals surface area (Å²) >= 11 is 0. The van der Waals surface area contributed by atoms with E-state index in [1.165, 1.54) is 16.7 Å². The SMILES string of the molecule is C=C(CN1CCN(Cc2ccc(C)c(C)c2OC)C1)c1cccnc1. The molecule has 132 valence electrons. The maximum absolute atomic E-state index is 5.66. The molecular formula is C21H27N3O. The van der Waals surface area contributed by atoms with Crippen molar-refractivity contribution in [2.24, 2.45) is 0 Å². The fraction of sp³-hybridized carbons (Fsp3) is 0.381. The highest BCUT2D eigenvalue weighted by atomic mass is 16.5. The molecule has 0 saturated carbocycles. The maximum atomic E-state index is 5.66. The number of benzene rings is 1. The highest BCUT2D eigenvalue weighted by Gasteiger charge is 2.22. The summed E-state index contributed by atoms with van der Waals surface area (Å²) in [6.07, 6.45) is 3.68. The van der Waals surface area contributed by atoms with Crippen LogP contribution in [0.25, 0.3) is 5.57 Å². The molecule has 25 heavy (non-hydrogen) atoms. The number of nitrogens with zero attached hydrogens (tertiary/aromatic N) is 3. The number of hydrogen-bond acceptors (Lipinski definition) is 4. The Labute approximate surface area is 150 Å². The topological polar surface area (TPSA) is 28.6 Å². The van der Waals surface area contributed by atoms with E-state index in [-0.39, 0.29) is 0 Å². The molecule has 0 aliphatic carbocycles. The van der Waals surface area contributed by atoms with Gasteiger partial charge in [-0.25, -0.2) is 0 Å². The van der Waals surface area contributed by atoms with Crippen LogP contribution in [0.15, 0.2) is 43.2 Å². The molecule has 2 heterocycles. The van der Waals surface area contributed by atoms with Crippen LogP contribution in [0.2, 0.25) is 0 Å². The number of aryl methyl sites for hydroxylation is 1. The largest absolute Gasteiger partial charge is 0.496 e. The molecule has 4 nitrogen and oxygen atoms in total. The Morgan fingerprint density at radius 1 is 1.20 bits per heavy atom. The average molecular weight is 337 g/mol. The van der Waals surface area contributed by atoms with Crippen molar-refractivity contribution in [1.29, 1.82) is 0 Å². The first-order valence-electron chi connectivity index (χ1n) is 8.74. The van der Waals surface area contributed by atoms with Gasteiger partial charge in [-0.2, -0.15) is 0 Å². The second-order valence-corrected chi connectivity index (χ2v) is 6.79. The molecule has 0 unspecified atom stereocenters. The van der Waals surface area contributed by atoms with Gasteiger partial charge in [0.1, 0.15) is 5.75 Å². The van der Waals surface area contributed by atoms with E-state index in [0.717, 1.165) is 49.7 Å². The Morgan fingerprint density at radius 3 is 2.72 bits per heavy atom. The predicted molar refractivity (Wildman–Crippen MR) is 103 cm³/mol. The van der Waals surface area contributed by atoms with E-state index < -0.39 is 0 Å². The van der Waals surface area contributed by atoms with Gasteiger partial charge in [0.25, 0.3) is 0 Å². The first-order valence-corrected chi connectivity index (χ1v) is 8.74. The fourth-order valence-electron chi connectivity index (χ4n) is 3.39. The van der Waals surface area contributed by atoms with Crippen molar-refractivity contribution >= 4 is 5.57 Å². The van der Waals surface area contributed by atoms with Crippen LogP contribution in [0.4, 0.5) is 0 Å². The van der Waals surface area contributed by atoms with E-state index in [9.17, 15) is 0 Å². The smallest absolute Gasteiger partial charge is 0.126 e. The average Bonchev–Trinajstić information content (AvgIpc) is 3.06. The lowest BCUT2D eigenvalue weighted by Gasteiger charge is -2.21. The highest BCUT2D eigenvalue weighted by molar-refractivity contribution is 5.63.